The maximum atomic E-state index is 12.9. The average Bonchev–Trinajstić information content (AvgIpc) is 2.95. The lowest BCUT2D eigenvalue weighted by Crippen LogP contribution is -2.33. The first-order valence-electron chi connectivity index (χ1n) is 12.5. The molecule has 0 radical (unpaired) electrons. The molecule has 0 aliphatic heterocycles. The van der Waals surface area contributed by atoms with Crippen LogP contribution in [0.15, 0.2) is 91.0 Å². The van der Waals surface area contributed by atoms with E-state index in [0.717, 1.165) is 22.3 Å². The Balaban J connectivity index is 1.41. The number of aryl methyl sites for hydroxylation is 2. The largest absolute Gasteiger partial charge is 0.497 e. The number of benzene rings is 4. The lowest BCUT2D eigenvalue weighted by molar-refractivity contribution is -0.123. The fourth-order valence-electron chi connectivity index (χ4n) is 4.25. The summed E-state index contributed by atoms with van der Waals surface area (Å²) < 4.78 is 16.6. The number of methoxy groups -OCH3 is 2. The van der Waals surface area contributed by atoms with E-state index in [4.69, 9.17) is 19.9 Å². The Morgan fingerprint density at radius 2 is 1.26 bits per heavy atom. The van der Waals surface area contributed by atoms with Crippen LogP contribution in [0.4, 0.5) is 0 Å². The van der Waals surface area contributed by atoms with E-state index in [1.807, 2.05) is 105 Å². The predicted molar refractivity (Wildman–Crippen MR) is 150 cm³/mol. The first kappa shape index (κ1) is 26.8. The van der Waals surface area contributed by atoms with Crippen molar-refractivity contribution >= 4 is 5.91 Å². The highest BCUT2D eigenvalue weighted by atomic mass is 16.5. The number of rotatable bonds is 10. The molecule has 0 saturated carbocycles. The minimum absolute atomic E-state index is 0.105. The summed E-state index contributed by atoms with van der Waals surface area (Å²) in [7, 11) is 3.22. The van der Waals surface area contributed by atoms with Crippen molar-refractivity contribution in [3.05, 3.63) is 124 Å². The van der Waals surface area contributed by atoms with E-state index in [1.54, 1.807) is 14.2 Å². The number of ether oxygens (including phenoxy) is 3. The molecule has 0 aliphatic carbocycles. The molecule has 6 heteroatoms. The third kappa shape index (κ3) is 6.52. The van der Waals surface area contributed by atoms with Crippen molar-refractivity contribution in [2.45, 2.75) is 25.9 Å². The van der Waals surface area contributed by atoms with Crippen LogP contribution in [0.5, 0.6) is 17.2 Å². The van der Waals surface area contributed by atoms with Crippen LogP contribution in [0.2, 0.25) is 0 Å². The molecular weight excluding hydrogens is 476 g/mol. The zero-order chi connectivity index (χ0) is 27.1. The first-order valence-corrected chi connectivity index (χ1v) is 12.5. The second-order valence-electron chi connectivity index (χ2n) is 9.27. The van der Waals surface area contributed by atoms with Crippen LogP contribution in [0.25, 0.3) is 0 Å². The van der Waals surface area contributed by atoms with Crippen molar-refractivity contribution in [1.29, 1.82) is 0 Å². The van der Waals surface area contributed by atoms with E-state index in [0.29, 0.717) is 17.2 Å². The quantitative estimate of drug-likeness (QED) is 0.288. The van der Waals surface area contributed by atoms with Crippen LogP contribution in [-0.4, -0.2) is 26.7 Å². The monoisotopic (exact) mass is 510 g/mol. The summed E-state index contributed by atoms with van der Waals surface area (Å²) in [6.07, 6.45) is 0. The molecule has 0 bridgehead atoms. The molecule has 1 unspecified atom stereocenters. The third-order valence-electron chi connectivity index (χ3n) is 6.51. The Morgan fingerprint density at radius 3 is 1.79 bits per heavy atom. The number of hydrogen-bond donors (Lipinski definition) is 2. The Morgan fingerprint density at radius 1 is 0.737 bits per heavy atom. The van der Waals surface area contributed by atoms with E-state index < -0.39 is 6.04 Å². The van der Waals surface area contributed by atoms with Crippen molar-refractivity contribution in [1.82, 2.24) is 5.32 Å². The Bertz CT molecular complexity index is 1300. The molecule has 196 valence electrons. The molecule has 0 heterocycles. The van der Waals surface area contributed by atoms with Gasteiger partial charge in [0.2, 0.25) is 0 Å². The Kier molecular flexibility index (Phi) is 8.66. The van der Waals surface area contributed by atoms with Crippen LogP contribution in [0.3, 0.4) is 0 Å². The molecule has 0 spiro atoms. The van der Waals surface area contributed by atoms with Gasteiger partial charge in [0.1, 0.15) is 17.2 Å². The maximum Gasteiger partial charge on any atom is 0.258 e. The zero-order valence-corrected chi connectivity index (χ0v) is 22.2. The average molecular weight is 511 g/mol. The number of nitrogens with one attached hydrogen (secondary N) is 1. The summed E-state index contributed by atoms with van der Waals surface area (Å²) in [6.45, 7) is 3.98. The molecule has 4 aromatic rings. The molecule has 3 N–H and O–H groups in total. The fraction of sp³-hybridized carbons (Fsp3) is 0.219. The van der Waals surface area contributed by atoms with Crippen LogP contribution < -0.4 is 25.3 Å². The molecule has 1 atom stereocenters. The van der Waals surface area contributed by atoms with Gasteiger partial charge in [-0.15, -0.1) is 0 Å². The van der Waals surface area contributed by atoms with E-state index in [9.17, 15) is 4.79 Å². The topological polar surface area (TPSA) is 82.8 Å². The summed E-state index contributed by atoms with van der Waals surface area (Å²) in [5.74, 6) is 1.73. The van der Waals surface area contributed by atoms with Gasteiger partial charge in [-0.2, -0.15) is 0 Å². The predicted octanol–water partition coefficient (Wildman–Crippen LogP) is 5.65. The normalized spacial score (nSPS) is 11.6. The molecule has 0 aromatic heterocycles. The van der Waals surface area contributed by atoms with Gasteiger partial charge in [-0.25, -0.2) is 0 Å². The lowest BCUT2D eigenvalue weighted by atomic mass is 9.97. The van der Waals surface area contributed by atoms with Crippen molar-refractivity contribution in [3.8, 4) is 17.2 Å². The second kappa shape index (κ2) is 12.3. The maximum absolute atomic E-state index is 12.9. The third-order valence-corrected chi connectivity index (χ3v) is 6.51. The van der Waals surface area contributed by atoms with Gasteiger partial charge < -0.3 is 25.3 Å². The number of nitrogens with two attached hydrogens (primary N) is 1. The summed E-state index contributed by atoms with van der Waals surface area (Å²) in [6, 6.07) is 28.7. The highest BCUT2D eigenvalue weighted by molar-refractivity contribution is 5.78. The Hall–Kier alpha value is -4.29. The molecule has 38 heavy (non-hydrogen) atoms. The SMILES string of the molecule is COc1ccc(C(N)c2ccc(OCC(=O)NC(c3ccc(C)cc3)c3ccc(C)cc3)cc2)c(OC)c1. The van der Waals surface area contributed by atoms with Crippen molar-refractivity contribution < 1.29 is 19.0 Å². The Labute approximate surface area is 224 Å². The number of amides is 1. The van der Waals surface area contributed by atoms with Gasteiger partial charge in [-0.1, -0.05) is 71.8 Å². The lowest BCUT2D eigenvalue weighted by Gasteiger charge is -2.21. The summed E-state index contributed by atoms with van der Waals surface area (Å²) in [4.78, 5) is 12.9. The molecule has 0 saturated heterocycles. The van der Waals surface area contributed by atoms with Crippen molar-refractivity contribution in [2.24, 2.45) is 5.73 Å². The van der Waals surface area contributed by atoms with Gasteiger partial charge in [0.05, 0.1) is 26.3 Å². The van der Waals surface area contributed by atoms with Crippen LogP contribution in [0, 0.1) is 13.8 Å². The highest BCUT2D eigenvalue weighted by Crippen LogP contribution is 2.32. The smallest absolute Gasteiger partial charge is 0.258 e. The standard InChI is InChI=1S/C32H34N2O4/c1-21-5-9-24(10-6-21)32(25-11-7-22(2)8-12-25)34-30(35)20-38-26-15-13-23(14-16-26)31(33)28-18-17-27(36-3)19-29(28)37-4/h5-19,31-32H,20,33H2,1-4H3,(H,34,35). The fourth-order valence-corrected chi connectivity index (χ4v) is 4.25. The van der Waals surface area contributed by atoms with Crippen LogP contribution >= 0.6 is 0 Å². The molecule has 6 nitrogen and oxygen atoms in total. The van der Waals surface area contributed by atoms with Gasteiger partial charge in [-0.05, 0) is 54.8 Å². The van der Waals surface area contributed by atoms with E-state index >= 15 is 0 Å². The molecular formula is C32H34N2O4. The van der Waals surface area contributed by atoms with Crippen LogP contribution in [-0.2, 0) is 4.79 Å². The first-order chi connectivity index (χ1) is 18.4. The summed E-state index contributed by atoms with van der Waals surface area (Å²) in [5.41, 5.74) is 12.6. The summed E-state index contributed by atoms with van der Waals surface area (Å²) >= 11 is 0. The molecule has 1 amide bonds. The number of carbonyl (C=O) groups is 1. The van der Waals surface area contributed by atoms with E-state index in [1.165, 1.54) is 11.1 Å². The minimum Gasteiger partial charge on any atom is -0.497 e. The number of hydrogen-bond acceptors (Lipinski definition) is 5. The second-order valence-corrected chi connectivity index (χ2v) is 9.27. The van der Waals surface area contributed by atoms with Gasteiger partial charge >= 0.3 is 0 Å². The zero-order valence-electron chi connectivity index (χ0n) is 22.2. The van der Waals surface area contributed by atoms with Crippen LogP contribution in [0.1, 0.15) is 45.5 Å². The molecule has 4 aromatic carbocycles. The highest BCUT2D eigenvalue weighted by Gasteiger charge is 2.18. The summed E-state index contributed by atoms with van der Waals surface area (Å²) in [5, 5.41) is 3.12. The van der Waals surface area contributed by atoms with Crippen molar-refractivity contribution in [2.75, 3.05) is 20.8 Å². The van der Waals surface area contributed by atoms with Gasteiger partial charge in [0.25, 0.3) is 5.91 Å². The molecule has 4 rings (SSSR count). The van der Waals surface area contributed by atoms with Gasteiger partial charge in [0, 0.05) is 11.6 Å². The molecule has 0 aliphatic rings. The number of carbonyl (C=O) groups excluding carboxylic acids is 1. The van der Waals surface area contributed by atoms with Gasteiger partial charge in [-0.3, -0.25) is 4.79 Å². The van der Waals surface area contributed by atoms with E-state index in [2.05, 4.69) is 5.32 Å². The van der Waals surface area contributed by atoms with Gasteiger partial charge in [0.15, 0.2) is 6.61 Å². The minimum atomic E-state index is -0.391. The van der Waals surface area contributed by atoms with Crippen molar-refractivity contribution in [3.63, 3.8) is 0 Å². The van der Waals surface area contributed by atoms with E-state index in [-0.39, 0.29) is 18.6 Å². The molecule has 0 fully saturated rings.